The Balaban J connectivity index is 2.29. The van der Waals surface area contributed by atoms with E-state index in [1.807, 2.05) is 36.4 Å². The van der Waals surface area contributed by atoms with Crippen molar-refractivity contribution in [3.05, 3.63) is 71.8 Å². The summed E-state index contributed by atoms with van der Waals surface area (Å²) in [7, 11) is -0.939. The van der Waals surface area contributed by atoms with Crippen molar-refractivity contribution in [2.24, 2.45) is 0 Å². The Labute approximate surface area is 103 Å². The molecule has 17 heavy (non-hydrogen) atoms. The van der Waals surface area contributed by atoms with Gasteiger partial charge in [0.1, 0.15) is 0 Å². The van der Waals surface area contributed by atoms with Gasteiger partial charge in [-0.05, 0) is 11.1 Å². The lowest BCUT2D eigenvalue weighted by Gasteiger charge is -2.15. The Morgan fingerprint density at radius 1 is 0.882 bits per heavy atom. The third kappa shape index (κ3) is 3.04. The fourth-order valence-electron chi connectivity index (χ4n) is 1.89. The largest absolute Gasteiger partial charge is 0.526 e. The van der Waals surface area contributed by atoms with Gasteiger partial charge >= 0.3 is 0 Å². The molecule has 2 nitrogen and oxygen atoms in total. The van der Waals surface area contributed by atoms with Crippen LogP contribution < -0.4 is 0 Å². The van der Waals surface area contributed by atoms with Crippen molar-refractivity contribution in [3.63, 3.8) is 0 Å². The Morgan fingerprint density at radius 3 is 1.76 bits per heavy atom. The van der Waals surface area contributed by atoms with Crippen molar-refractivity contribution in [2.75, 3.05) is 0 Å². The van der Waals surface area contributed by atoms with Crippen molar-refractivity contribution >= 4 is 16.2 Å². The van der Waals surface area contributed by atoms with Crippen LogP contribution in [0.25, 0.3) is 0 Å². The molecule has 2 aromatic rings. The zero-order chi connectivity index (χ0) is 11.9. The smallest absolute Gasteiger partial charge is 0.279 e. The first-order valence-corrected chi connectivity index (χ1v) is 6.96. The standard InChI is InChI=1S/C14H14O2Si/c15-11-16-17-14(12-7-3-1-4-8-12)13-9-5-2-6-10-13/h1-11,14H,17H2. The number of carbonyl (C=O) groups excluding carboxylic acids is 1. The minimum Gasteiger partial charge on any atom is -0.526 e. The third-order valence-corrected chi connectivity index (χ3v) is 4.34. The number of hydrogen-bond acceptors (Lipinski definition) is 2. The van der Waals surface area contributed by atoms with Crippen molar-refractivity contribution in [1.29, 1.82) is 0 Å². The lowest BCUT2D eigenvalue weighted by atomic mass is 10.0. The molecule has 0 aliphatic rings. The van der Waals surface area contributed by atoms with E-state index < -0.39 is 9.76 Å². The molecule has 0 saturated heterocycles. The van der Waals surface area contributed by atoms with Gasteiger partial charge in [-0.3, -0.25) is 4.79 Å². The molecule has 0 N–H and O–H groups in total. The zero-order valence-electron chi connectivity index (χ0n) is 9.45. The summed E-state index contributed by atoms with van der Waals surface area (Å²) in [6, 6.07) is 20.4. The fraction of sp³-hybridized carbons (Fsp3) is 0.0714. The van der Waals surface area contributed by atoms with E-state index in [1.54, 1.807) is 0 Å². The molecule has 86 valence electrons. The molecule has 2 aromatic carbocycles. The second-order valence-electron chi connectivity index (χ2n) is 3.80. The van der Waals surface area contributed by atoms with Crippen LogP contribution in [0.4, 0.5) is 0 Å². The molecule has 0 atom stereocenters. The number of hydrogen-bond donors (Lipinski definition) is 0. The maximum absolute atomic E-state index is 10.4. The van der Waals surface area contributed by atoms with Crippen LogP contribution in [0, 0.1) is 0 Å². The van der Waals surface area contributed by atoms with Gasteiger partial charge in [-0.15, -0.1) is 0 Å². The highest BCUT2D eigenvalue weighted by atomic mass is 28.2. The summed E-state index contributed by atoms with van der Waals surface area (Å²) in [5.41, 5.74) is 2.67. The second-order valence-corrected chi connectivity index (χ2v) is 5.29. The maximum Gasteiger partial charge on any atom is 0.279 e. The first kappa shape index (κ1) is 11.6. The molecule has 0 aromatic heterocycles. The molecule has 0 fully saturated rings. The average Bonchev–Trinajstić information content (AvgIpc) is 2.42. The lowest BCUT2D eigenvalue weighted by Crippen LogP contribution is -2.12. The van der Waals surface area contributed by atoms with Crippen molar-refractivity contribution in [2.45, 2.75) is 5.54 Å². The van der Waals surface area contributed by atoms with Crippen LogP contribution in [-0.2, 0) is 9.22 Å². The zero-order valence-corrected chi connectivity index (χ0v) is 10.9. The van der Waals surface area contributed by atoms with E-state index in [-0.39, 0.29) is 5.54 Å². The third-order valence-electron chi connectivity index (χ3n) is 2.73. The topological polar surface area (TPSA) is 26.3 Å². The first-order chi connectivity index (χ1) is 8.42. The summed E-state index contributed by atoms with van der Waals surface area (Å²) < 4.78 is 5.06. The van der Waals surface area contributed by atoms with Gasteiger partial charge < -0.3 is 4.43 Å². The highest BCUT2D eigenvalue weighted by Gasteiger charge is 2.15. The first-order valence-electron chi connectivity index (χ1n) is 5.57. The molecule has 2 rings (SSSR count). The minimum absolute atomic E-state index is 0.239. The predicted octanol–water partition coefficient (Wildman–Crippen LogP) is 2.03. The molecule has 3 heteroatoms. The molecule has 0 heterocycles. The lowest BCUT2D eigenvalue weighted by molar-refractivity contribution is -0.120. The van der Waals surface area contributed by atoms with E-state index in [9.17, 15) is 4.79 Å². The average molecular weight is 242 g/mol. The van der Waals surface area contributed by atoms with Gasteiger partial charge in [0.05, 0.1) is 0 Å². The summed E-state index contributed by atoms with van der Waals surface area (Å²) >= 11 is 0. The molecule has 0 aliphatic carbocycles. The van der Waals surface area contributed by atoms with Crippen LogP contribution in [0.15, 0.2) is 60.7 Å². The van der Waals surface area contributed by atoms with Gasteiger partial charge in [-0.2, -0.15) is 0 Å². The summed E-state index contributed by atoms with van der Waals surface area (Å²) in [6.45, 7) is 0.561. The van der Waals surface area contributed by atoms with E-state index in [2.05, 4.69) is 24.3 Å². The monoisotopic (exact) mass is 242 g/mol. The maximum atomic E-state index is 10.4. The van der Waals surface area contributed by atoms with E-state index >= 15 is 0 Å². The SMILES string of the molecule is O=CO[SiH2]C(c1ccccc1)c1ccccc1. The van der Waals surface area contributed by atoms with Crippen molar-refractivity contribution in [3.8, 4) is 0 Å². The molecular formula is C14H14O2Si. The van der Waals surface area contributed by atoms with Crippen LogP contribution in [-0.4, -0.2) is 16.2 Å². The minimum atomic E-state index is -0.939. The Bertz CT molecular complexity index is 417. The summed E-state index contributed by atoms with van der Waals surface area (Å²) in [4.78, 5) is 10.4. The van der Waals surface area contributed by atoms with Gasteiger partial charge in [0, 0.05) is 5.54 Å². The quantitative estimate of drug-likeness (QED) is 0.592. The van der Waals surface area contributed by atoms with Crippen LogP contribution in [0.3, 0.4) is 0 Å². The number of benzene rings is 2. The van der Waals surface area contributed by atoms with Gasteiger partial charge in [-0.1, -0.05) is 60.7 Å². The predicted molar refractivity (Wildman–Crippen MR) is 70.4 cm³/mol. The molecule has 0 radical (unpaired) electrons. The molecule has 0 bridgehead atoms. The number of carbonyl (C=O) groups is 1. The Morgan fingerprint density at radius 2 is 1.35 bits per heavy atom. The summed E-state index contributed by atoms with van der Waals surface area (Å²) in [6.07, 6.45) is 0. The van der Waals surface area contributed by atoms with Crippen LogP contribution >= 0.6 is 0 Å². The van der Waals surface area contributed by atoms with E-state index in [1.165, 1.54) is 11.1 Å². The number of rotatable bonds is 5. The van der Waals surface area contributed by atoms with Gasteiger partial charge in [0.25, 0.3) is 6.47 Å². The Kier molecular flexibility index (Phi) is 4.10. The highest BCUT2D eigenvalue weighted by Crippen LogP contribution is 2.23. The molecule has 0 amide bonds. The molecule has 0 unspecified atom stereocenters. The van der Waals surface area contributed by atoms with Gasteiger partial charge in [0.15, 0.2) is 0 Å². The highest BCUT2D eigenvalue weighted by molar-refractivity contribution is 6.33. The van der Waals surface area contributed by atoms with Gasteiger partial charge in [-0.25, -0.2) is 0 Å². The van der Waals surface area contributed by atoms with E-state index in [0.29, 0.717) is 6.47 Å². The van der Waals surface area contributed by atoms with Crippen molar-refractivity contribution in [1.82, 2.24) is 0 Å². The molecular weight excluding hydrogens is 228 g/mol. The van der Waals surface area contributed by atoms with Crippen molar-refractivity contribution < 1.29 is 9.22 Å². The van der Waals surface area contributed by atoms with Crippen LogP contribution in [0.1, 0.15) is 16.7 Å². The normalized spacial score (nSPS) is 10.9. The van der Waals surface area contributed by atoms with Crippen LogP contribution in [0.2, 0.25) is 0 Å². The van der Waals surface area contributed by atoms with E-state index in [4.69, 9.17) is 4.43 Å². The molecule has 0 aliphatic heterocycles. The van der Waals surface area contributed by atoms with Gasteiger partial charge in [0.2, 0.25) is 9.76 Å². The second kappa shape index (κ2) is 6.01. The van der Waals surface area contributed by atoms with E-state index in [0.717, 1.165) is 0 Å². The molecule has 0 saturated carbocycles. The molecule has 0 spiro atoms. The van der Waals surface area contributed by atoms with Crippen LogP contribution in [0.5, 0.6) is 0 Å². The Hall–Kier alpha value is -1.87. The fourth-order valence-corrected chi connectivity index (χ4v) is 3.09. The summed E-state index contributed by atoms with van der Waals surface area (Å²) in [5, 5.41) is 0. The summed E-state index contributed by atoms with van der Waals surface area (Å²) in [5.74, 6) is 0.